The van der Waals surface area contributed by atoms with Gasteiger partial charge >= 0.3 is 0 Å². The van der Waals surface area contributed by atoms with Crippen molar-refractivity contribution in [3.05, 3.63) is 108 Å². The average molecular weight is 558 g/mol. The molecule has 0 spiro atoms. The second kappa shape index (κ2) is 10.1. The third-order valence-corrected chi connectivity index (χ3v) is 7.25. The van der Waals surface area contributed by atoms with Crippen LogP contribution in [0.2, 0.25) is 0 Å². The van der Waals surface area contributed by atoms with Crippen LogP contribution in [-0.2, 0) is 0 Å². The molecule has 2 aliphatic rings. The molecule has 0 radical (unpaired) electrons. The number of aromatic hydroxyl groups is 2. The van der Waals surface area contributed by atoms with Gasteiger partial charge in [0, 0.05) is 17.4 Å². The molecule has 3 aromatic carbocycles. The highest BCUT2D eigenvalue weighted by molar-refractivity contribution is 6.51. The number of phenolic OH excluding ortho intramolecular Hbond substituents is 2. The molecule has 42 heavy (non-hydrogen) atoms. The van der Waals surface area contributed by atoms with E-state index in [0.717, 1.165) is 39.6 Å². The number of para-hydroxylation sites is 2. The summed E-state index contributed by atoms with van der Waals surface area (Å²) < 4.78 is 7.35. The standard InChI is InChI=1S/C32H27N7O3/c1-3-42-22-14-12-21(13-15-22)34-30-32-36-31-28(19(2)37-39(31)27-10-6-7-17-33-27)29(20-11-16-25(40)26(41)18-20)38(32)24-9-5-4-8-23(24)35-30/h4-18,29,40-41H,3H2,1-2H3,(H,34,35)/t29-/m0/s1. The third-order valence-electron chi connectivity index (χ3n) is 7.25. The molecule has 1 atom stereocenters. The van der Waals surface area contributed by atoms with E-state index in [2.05, 4.69) is 15.2 Å². The van der Waals surface area contributed by atoms with Gasteiger partial charge in [-0.3, -0.25) is 0 Å². The number of rotatable bonds is 5. The van der Waals surface area contributed by atoms with Gasteiger partial charge in [0.15, 0.2) is 34.8 Å². The minimum absolute atomic E-state index is 0.192. The lowest BCUT2D eigenvalue weighted by Crippen LogP contribution is -2.46. The molecule has 2 aromatic heterocycles. The number of anilines is 2. The van der Waals surface area contributed by atoms with Crippen molar-refractivity contribution in [1.29, 1.82) is 0 Å². The van der Waals surface area contributed by atoms with Gasteiger partial charge < -0.3 is 25.2 Å². The molecule has 0 saturated heterocycles. The van der Waals surface area contributed by atoms with Crippen molar-refractivity contribution < 1.29 is 14.9 Å². The lowest BCUT2D eigenvalue weighted by atomic mass is 9.93. The number of phenols is 2. The number of nitrogens with one attached hydrogen (secondary N) is 1. The van der Waals surface area contributed by atoms with Crippen LogP contribution >= 0.6 is 0 Å². The number of ether oxygens (including phenoxy) is 1. The molecular weight excluding hydrogens is 530 g/mol. The van der Waals surface area contributed by atoms with Crippen molar-refractivity contribution in [1.82, 2.24) is 14.8 Å². The number of aliphatic imine (C=N–C) groups is 2. The summed E-state index contributed by atoms with van der Waals surface area (Å²) in [6.07, 6.45) is 1.72. The van der Waals surface area contributed by atoms with Gasteiger partial charge in [0.25, 0.3) is 0 Å². The molecule has 0 fully saturated rings. The van der Waals surface area contributed by atoms with E-state index in [1.54, 1.807) is 23.0 Å². The smallest absolute Gasteiger partial charge is 0.179 e. The first-order valence-corrected chi connectivity index (χ1v) is 13.6. The number of nitrogens with zero attached hydrogens (tertiary/aromatic N) is 6. The van der Waals surface area contributed by atoms with Crippen LogP contribution in [0.4, 0.5) is 22.9 Å². The van der Waals surface area contributed by atoms with E-state index in [1.165, 1.54) is 6.07 Å². The van der Waals surface area contributed by atoms with E-state index in [9.17, 15) is 10.2 Å². The molecule has 0 unspecified atom stereocenters. The fraction of sp³-hybridized carbons (Fsp3) is 0.125. The van der Waals surface area contributed by atoms with Gasteiger partial charge in [-0.05, 0) is 80.1 Å². The Balaban J connectivity index is 1.46. The van der Waals surface area contributed by atoms with Gasteiger partial charge in [0.05, 0.1) is 29.7 Å². The first kappa shape index (κ1) is 25.3. The van der Waals surface area contributed by atoms with Crippen molar-refractivity contribution in [2.45, 2.75) is 19.9 Å². The quantitative estimate of drug-likeness (QED) is 0.221. The molecule has 0 saturated carbocycles. The Kier molecular flexibility index (Phi) is 6.08. The first-order valence-electron chi connectivity index (χ1n) is 13.6. The summed E-state index contributed by atoms with van der Waals surface area (Å²) in [7, 11) is 0. The molecule has 208 valence electrons. The summed E-state index contributed by atoms with van der Waals surface area (Å²) >= 11 is 0. The number of fused-ring (bicyclic) bond motifs is 4. The van der Waals surface area contributed by atoms with Crippen LogP contribution in [0.15, 0.2) is 101 Å². The molecule has 0 bridgehead atoms. The van der Waals surface area contributed by atoms with Crippen molar-refractivity contribution in [2.75, 3.05) is 16.8 Å². The molecule has 10 nitrogen and oxygen atoms in total. The average Bonchev–Trinajstić information content (AvgIpc) is 3.35. The zero-order valence-corrected chi connectivity index (χ0v) is 22.9. The van der Waals surface area contributed by atoms with Gasteiger partial charge in [-0.25, -0.2) is 15.0 Å². The van der Waals surface area contributed by atoms with Gasteiger partial charge in [-0.2, -0.15) is 9.78 Å². The summed E-state index contributed by atoms with van der Waals surface area (Å²) in [5.41, 5.74) is 4.79. The Morgan fingerprint density at radius 1 is 0.905 bits per heavy atom. The lowest BCUT2D eigenvalue weighted by molar-refractivity contribution is 0.340. The fourth-order valence-electron chi connectivity index (χ4n) is 5.40. The van der Waals surface area contributed by atoms with Crippen molar-refractivity contribution >= 4 is 34.6 Å². The first-order chi connectivity index (χ1) is 20.5. The van der Waals surface area contributed by atoms with Gasteiger partial charge in [0.1, 0.15) is 5.75 Å². The minimum atomic E-state index is -0.453. The molecule has 10 heteroatoms. The minimum Gasteiger partial charge on any atom is -0.504 e. The molecule has 7 rings (SSSR count). The van der Waals surface area contributed by atoms with Crippen LogP contribution in [0.3, 0.4) is 0 Å². The maximum absolute atomic E-state index is 10.6. The van der Waals surface area contributed by atoms with Gasteiger partial charge in [-0.15, -0.1) is 0 Å². The molecule has 4 heterocycles. The number of hydrogen-bond acceptors (Lipinski definition) is 9. The SMILES string of the molecule is CCOc1ccc(NC2=Nc3ccccc3N3C2=Nc2c(c(C)nn2-c2ccccn2)[C@@H]3c2ccc(O)c(O)c2)cc1. The second-order valence-electron chi connectivity index (χ2n) is 9.91. The molecule has 5 aromatic rings. The number of pyridine rings is 1. The van der Waals surface area contributed by atoms with Gasteiger partial charge in [0.2, 0.25) is 0 Å². The Labute approximate surface area is 241 Å². The van der Waals surface area contributed by atoms with Crippen molar-refractivity contribution in [3.8, 4) is 23.1 Å². The van der Waals surface area contributed by atoms with Gasteiger partial charge in [-0.1, -0.05) is 24.3 Å². The number of benzene rings is 3. The van der Waals surface area contributed by atoms with Crippen molar-refractivity contribution in [2.24, 2.45) is 9.98 Å². The Hall–Kier alpha value is -5.64. The topological polar surface area (TPSA) is 120 Å². The van der Waals surface area contributed by atoms with E-state index in [-0.39, 0.29) is 11.5 Å². The zero-order valence-electron chi connectivity index (χ0n) is 22.9. The third kappa shape index (κ3) is 4.21. The van der Waals surface area contributed by atoms with Crippen molar-refractivity contribution in [3.63, 3.8) is 0 Å². The number of amidine groups is 2. The normalized spacial score (nSPS) is 15.2. The second-order valence-corrected chi connectivity index (χ2v) is 9.91. The summed E-state index contributed by atoms with van der Waals surface area (Å²) in [5.74, 6) is 2.73. The fourth-order valence-corrected chi connectivity index (χ4v) is 5.40. The van der Waals surface area contributed by atoms with E-state index >= 15 is 0 Å². The van der Waals surface area contributed by atoms with E-state index in [0.29, 0.717) is 29.9 Å². The molecule has 2 aliphatic heterocycles. The Morgan fingerprint density at radius 3 is 2.48 bits per heavy atom. The van der Waals surface area contributed by atoms with Crippen LogP contribution in [0.1, 0.15) is 29.8 Å². The lowest BCUT2D eigenvalue weighted by Gasteiger charge is -2.40. The summed E-state index contributed by atoms with van der Waals surface area (Å²) in [6, 6.07) is 25.6. The largest absolute Gasteiger partial charge is 0.504 e. The van der Waals surface area contributed by atoms with E-state index in [4.69, 9.17) is 19.8 Å². The van der Waals surface area contributed by atoms with Crippen LogP contribution in [0, 0.1) is 6.92 Å². The van der Waals surface area contributed by atoms with Crippen LogP contribution in [-0.4, -0.2) is 43.3 Å². The highest BCUT2D eigenvalue weighted by Crippen LogP contribution is 2.49. The number of hydrogen-bond donors (Lipinski definition) is 3. The summed E-state index contributed by atoms with van der Waals surface area (Å²) in [6.45, 7) is 4.48. The Morgan fingerprint density at radius 2 is 1.71 bits per heavy atom. The summed E-state index contributed by atoms with van der Waals surface area (Å²) in [5, 5.41) is 29.0. The van der Waals surface area contributed by atoms with E-state index < -0.39 is 6.04 Å². The maximum atomic E-state index is 10.6. The Bertz CT molecular complexity index is 1860. The molecular formula is C32H27N7O3. The summed E-state index contributed by atoms with van der Waals surface area (Å²) in [4.78, 5) is 16.8. The zero-order chi connectivity index (χ0) is 28.8. The highest BCUT2D eigenvalue weighted by Gasteiger charge is 2.41. The predicted octanol–water partition coefficient (Wildman–Crippen LogP) is 6.18. The van der Waals surface area contributed by atoms with Crippen LogP contribution in [0.5, 0.6) is 17.2 Å². The number of aromatic nitrogens is 3. The van der Waals surface area contributed by atoms with E-state index in [1.807, 2.05) is 80.6 Å². The molecule has 0 amide bonds. The molecule has 0 aliphatic carbocycles. The number of aryl methyl sites for hydroxylation is 1. The maximum Gasteiger partial charge on any atom is 0.179 e. The monoisotopic (exact) mass is 557 g/mol. The predicted molar refractivity (Wildman–Crippen MR) is 162 cm³/mol. The molecule has 3 N–H and O–H groups in total. The van der Waals surface area contributed by atoms with Crippen LogP contribution < -0.4 is 15.0 Å². The van der Waals surface area contributed by atoms with Crippen LogP contribution in [0.25, 0.3) is 5.82 Å². The highest BCUT2D eigenvalue weighted by atomic mass is 16.5.